The maximum absolute atomic E-state index is 13.4. The number of hydrogen-bond acceptors (Lipinski definition) is 7. The Morgan fingerprint density at radius 2 is 1.97 bits per heavy atom. The minimum atomic E-state index is -0.948. The minimum Gasteiger partial charge on any atom is -0.507 e. The van der Waals surface area contributed by atoms with Crippen molar-refractivity contribution < 1.29 is 29.3 Å². The highest BCUT2D eigenvalue weighted by molar-refractivity contribution is 9.10. The van der Waals surface area contributed by atoms with Crippen LogP contribution in [0.3, 0.4) is 0 Å². The van der Waals surface area contributed by atoms with Gasteiger partial charge in [0.05, 0.1) is 29.8 Å². The van der Waals surface area contributed by atoms with Gasteiger partial charge >= 0.3 is 0 Å². The van der Waals surface area contributed by atoms with E-state index in [1.165, 1.54) is 12.0 Å². The van der Waals surface area contributed by atoms with Crippen LogP contribution >= 0.6 is 15.9 Å². The number of nitrogens with zero attached hydrogens (tertiary/aromatic N) is 2. The third kappa shape index (κ3) is 5.46. The number of halogens is 1. The second-order valence-electron chi connectivity index (χ2n) is 8.57. The molecule has 0 aliphatic carbocycles. The number of aliphatic hydroxyl groups excluding tert-OH is 1. The first-order valence-electron chi connectivity index (χ1n) is 11.8. The Balaban J connectivity index is 1.85. The Hall–Kier alpha value is -3.85. The standard InChI is InChI=1S/C28H27BrN2O6/c1-3-4-11-37-20-9-5-8-18(12-20)25(32)23-24(19-13-21(29)26(33)22(14-19)36-2)31(28(35)27(23)34)16-17-7-6-10-30-15-17/h5-10,12-15,24,32-33H,3-4,11,16H2,1-2H3/b25-23+. The Morgan fingerprint density at radius 3 is 2.68 bits per heavy atom. The Kier molecular flexibility index (Phi) is 8.13. The van der Waals surface area contributed by atoms with Gasteiger partial charge in [-0.15, -0.1) is 0 Å². The Morgan fingerprint density at radius 1 is 1.16 bits per heavy atom. The molecule has 1 unspecified atom stereocenters. The molecule has 4 rings (SSSR count). The van der Waals surface area contributed by atoms with Crippen molar-refractivity contribution in [3.05, 3.63) is 87.7 Å². The number of Topliss-reactive ketones (excluding diaryl/α,β-unsaturated/α-hetero) is 1. The number of pyridine rings is 1. The molecule has 0 saturated carbocycles. The predicted octanol–water partition coefficient (Wildman–Crippen LogP) is 5.36. The maximum atomic E-state index is 13.4. The number of aromatic nitrogens is 1. The zero-order valence-corrected chi connectivity index (χ0v) is 22.1. The van der Waals surface area contributed by atoms with Crippen LogP contribution in [0.25, 0.3) is 5.76 Å². The minimum absolute atomic E-state index is 0.0701. The smallest absolute Gasteiger partial charge is 0.295 e. The molecule has 9 heteroatoms. The molecule has 8 nitrogen and oxygen atoms in total. The Labute approximate surface area is 223 Å². The van der Waals surface area contributed by atoms with Gasteiger partial charge in [-0.05, 0) is 63.8 Å². The number of ether oxygens (including phenoxy) is 2. The van der Waals surface area contributed by atoms with Crippen molar-refractivity contribution in [3.63, 3.8) is 0 Å². The molecule has 1 amide bonds. The van der Waals surface area contributed by atoms with Crippen molar-refractivity contribution in [2.45, 2.75) is 32.4 Å². The summed E-state index contributed by atoms with van der Waals surface area (Å²) >= 11 is 3.32. The fourth-order valence-corrected chi connectivity index (χ4v) is 4.67. The first-order chi connectivity index (χ1) is 17.8. The number of hydrogen-bond donors (Lipinski definition) is 2. The number of amides is 1. The van der Waals surface area contributed by atoms with Crippen LogP contribution < -0.4 is 9.47 Å². The van der Waals surface area contributed by atoms with E-state index in [1.807, 2.05) is 0 Å². The maximum Gasteiger partial charge on any atom is 0.295 e. The number of phenolic OH excluding ortho intramolecular Hbond substituents is 1. The van der Waals surface area contributed by atoms with Gasteiger partial charge in [0.25, 0.3) is 11.7 Å². The summed E-state index contributed by atoms with van der Waals surface area (Å²) in [6.45, 7) is 2.67. The number of ketones is 1. The van der Waals surface area contributed by atoms with E-state index in [0.717, 1.165) is 12.8 Å². The van der Waals surface area contributed by atoms with Crippen molar-refractivity contribution in [2.24, 2.45) is 0 Å². The molecule has 0 bridgehead atoms. The van der Waals surface area contributed by atoms with E-state index in [-0.39, 0.29) is 29.4 Å². The number of unbranched alkanes of at least 4 members (excludes halogenated alkanes) is 1. The molecule has 2 heterocycles. The van der Waals surface area contributed by atoms with Crippen LogP contribution in [0, 0.1) is 0 Å². The average molecular weight is 567 g/mol. The van der Waals surface area contributed by atoms with Gasteiger partial charge in [-0.25, -0.2) is 0 Å². The monoisotopic (exact) mass is 566 g/mol. The molecule has 1 saturated heterocycles. The topological polar surface area (TPSA) is 109 Å². The number of aromatic hydroxyl groups is 1. The highest BCUT2D eigenvalue weighted by atomic mass is 79.9. The van der Waals surface area contributed by atoms with Crippen molar-refractivity contribution in [3.8, 4) is 17.2 Å². The van der Waals surface area contributed by atoms with Crippen LogP contribution in [-0.2, 0) is 16.1 Å². The van der Waals surface area contributed by atoms with Gasteiger partial charge in [-0.1, -0.05) is 31.5 Å². The fourth-order valence-electron chi connectivity index (χ4n) is 4.21. The van der Waals surface area contributed by atoms with E-state index in [1.54, 1.807) is 60.9 Å². The molecule has 0 radical (unpaired) electrons. The lowest BCUT2D eigenvalue weighted by Gasteiger charge is -2.26. The molecule has 1 aromatic heterocycles. The predicted molar refractivity (Wildman–Crippen MR) is 141 cm³/mol. The molecule has 3 aromatic rings. The lowest BCUT2D eigenvalue weighted by molar-refractivity contribution is -0.140. The van der Waals surface area contributed by atoms with Gasteiger partial charge in [0.2, 0.25) is 0 Å². The number of phenols is 1. The summed E-state index contributed by atoms with van der Waals surface area (Å²) in [4.78, 5) is 32.1. The van der Waals surface area contributed by atoms with E-state index in [9.17, 15) is 19.8 Å². The van der Waals surface area contributed by atoms with Crippen molar-refractivity contribution >= 4 is 33.4 Å². The molecule has 0 spiro atoms. The first-order valence-corrected chi connectivity index (χ1v) is 12.6. The highest BCUT2D eigenvalue weighted by Gasteiger charge is 2.46. The van der Waals surface area contributed by atoms with Crippen LogP contribution in [0.2, 0.25) is 0 Å². The van der Waals surface area contributed by atoms with E-state index < -0.39 is 17.7 Å². The Bertz CT molecular complexity index is 1340. The third-order valence-corrected chi connectivity index (χ3v) is 6.68. The number of benzene rings is 2. The van der Waals surface area contributed by atoms with Crippen LogP contribution in [0.5, 0.6) is 17.2 Å². The van der Waals surface area contributed by atoms with Crippen molar-refractivity contribution in [1.82, 2.24) is 9.88 Å². The average Bonchev–Trinajstić information content (AvgIpc) is 3.15. The molecule has 1 atom stereocenters. The summed E-state index contributed by atoms with van der Waals surface area (Å²) in [6, 6.07) is 12.5. The molecule has 37 heavy (non-hydrogen) atoms. The normalized spacial score (nSPS) is 16.7. The van der Waals surface area contributed by atoms with Gasteiger partial charge in [-0.3, -0.25) is 14.6 Å². The SMILES string of the molecule is CCCCOc1cccc(/C(O)=C2\C(=O)C(=O)N(Cc3cccnc3)C2c2cc(Br)c(O)c(OC)c2)c1. The summed E-state index contributed by atoms with van der Waals surface area (Å²) in [5.74, 6) is -1.30. The summed E-state index contributed by atoms with van der Waals surface area (Å²) < 4.78 is 11.4. The summed E-state index contributed by atoms with van der Waals surface area (Å²) in [6.07, 6.45) is 5.09. The molecular weight excluding hydrogens is 540 g/mol. The van der Waals surface area contributed by atoms with Gasteiger partial charge in [-0.2, -0.15) is 0 Å². The second-order valence-corrected chi connectivity index (χ2v) is 9.43. The molecule has 1 aliphatic rings. The van der Waals surface area contributed by atoms with Gasteiger partial charge in [0.1, 0.15) is 11.5 Å². The molecular formula is C28H27BrN2O6. The molecule has 1 aliphatic heterocycles. The van der Waals surface area contributed by atoms with Crippen molar-refractivity contribution in [1.29, 1.82) is 0 Å². The third-order valence-electron chi connectivity index (χ3n) is 6.08. The van der Waals surface area contributed by atoms with E-state index in [0.29, 0.717) is 33.5 Å². The molecule has 1 fully saturated rings. The number of methoxy groups -OCH3 is 1. The number of likely N-dealkylation sites (tertiary alicyclic amines) is 1. The van der Waals surface area contributed by atoms with Gasteiger partial charge in [0, 0.05) is 24.5 Å². The number of aliphatic hydroxyl groups is 1. The van der Waals surface area contributed by atoms with Gasteiger partial charge < -0.3 is 24.6 Å². The highest BCUT2D eigenvalue weighted by Crippen LogP contribution is 2.45. The van der Waals surface area contributed by atoms with Gasteiger partial charge in [0.15, 0.2) is 11.5 Å². The van der Waals surface area contributed by atoms with Crippen molar-refractivity contribution in [2.75, 3.05) is 13.7 Å². The zero-order chi connectivity index (χ0) is 26.5. The van der Waals surface area contributed by atoms with Crippen LogP contribution in [-0.4, -0.2) is 45.5 Å². The second kappa shape index (κ2) is 11.5. The van der Waals surface area contributed by atoms with Crippen LogP contribution in [0.4, 0.5) is 0 Å². The fraction of sp³-hybridized carbons (Fsp3) is 0.250. The van der Waals surface area contributed by atoms with E-state index in [2.05, 4.69) is 27.8 Å². The zero-order valence-electron chi connectivity index (χ0n) is 20.5. The summed E-state index contributed by atoms with van der Waals surface area (Å²) in [5, 5.41) is 21.7. The number of carbonyl (C=O) groups is 2. The summed E-state index contributed by atoms with van der Waals surface area (Å²) in [5.41, 5.74) is 1.47. The van der Waals surface area contributed by atoms with E-state index >= 15 is 0 Å². The lowest BCUT2D eigenvalue weighted by Crippen LogP contribution is -2.29. The first kappa shape index (κ1) is 26.2. The molecule has 192 valence electrons. The quantitative estimate of drug-likeness (QED) is 0.155. The lowest BCUT2D eigenvalue weighted by atomic mass is 9.94. The molecule has 2 aromatic carbocycles. The molecule has 2 N–H and O–H groups in total. The van der Waals surface area contributed by atoms with Crippen LogP contribution in [0.15, 0.2) is 71.0 Å². The largest absolute Gasteiger partial charge is 0.507 e. The van der Waals surface area contributed by atoms with E-state index in [4.69, 9.17) is 9.47 Å². The summed E-state index contributed by atoms with van der Waals surface area (Å²) in [7, 11) is 1.40. The number of carbonyl (C=O) groups excluding carboxylic acids is 2. The van der Waals surface area contributed by atoms with Crippen LogP contribution in [0.1, 0.15) is 42.5 Å². The number of rotatable bonds is 9.